The number of hydrogen-bond acceptors (Lipinski definition) is 6. The number of piperazine rings is 1. The minimum atomic E-state index is 0.0647. The molecule has 0 bridgehead atoms. The van der Waals surface area contributed by atoms with E-state index in [2.05, 4.69) is 82.8 Å². The Hall–Kier alpha value is 0.380. The normalized spacial score (nSPS) is 22.0. The molecule has 2 fully saturated rings. The van der Waals surface area contributed by atoms with Crippen LogP contribution in [0, 0.1) is 0 Å². The van der Waals surface area contributed by atoms with Crippen molar-refractivity contribution in [3.63, 3.8) is 0 Å². The number of thiol groups is 2. The minimum absolute atomic E-state index is 0.0647. The number of nitrogens with zero attached hydrogens (tertiary/aromatic N) is 2. The quantitative estimate of drug-likeness (QED) is 0.626. The molecule has 0 amide bonds. The fourth-order valence-electron chi connectivity index (χ4n) is 2.73. The van der Waals surface area contributed by atoms with Crippen LogP contribution in [0.2, 0.25) is 0 Å². The van der Waals surface area contributed by atoms with E-state index in [1.54, 1.807) is 0 Å². The van der Waals surface area contributed by atoms with E-state index in [4.69, 9.17) is 0 Å². The summed E-state index contributed by atoms with van der Waals surface area (Å²) in [4.78, 5) is 4.76. The first-order valence-electron chi connectivity index (χ1n) is 7.42. The molecular formula is C15H22N2S4. The third-order valence-electron chi connectivity index (χ3n) is 4.00. The van der Waals surface area contributed by atoms with Crippen LogP contribution in [0.1, 0.15) is 16.6 Å². The molecule has 2 nitrogen and oxygen atoms in total. The van der Waals surface area contributed by atoms with E-state index >= 15 is 0 Å². The average molecular weight is 359 g/mol. The highest BCUT2D eigenvalue weighted by Crippen LogP contribution is 2.43. The van der Waals surface area contributed by atoms with Crippen LogP contribution in [0.5, 0.6) is 0 Å². The van der Waals surface area contributed by atoms with Gasteiger partial charge in [0.2, 0.25) is 0 Å². The predicted molar refractivity (Wildman–Crippen MR) is 104 cm³/mol. The largest absolute Gasteiger partial charge is 0.369 e. The number of hydrogen-bond donors (Lipinski definition) is 2. The van der Waals surface area contributed by atoms with Gasteiger partial charge in [-0.3, -0.25) is 4.90 Å². The Kier molecular flexibility index (Phi) is 6.01. The van der Waals surface area contributed by atoms with Gasteiger partial charge in [-0.25, -0.2) is 0 Å². The van der Waals surface area contributed by atoms with E-state index < -0.39 is 0 Å². The van der Waals surface area contributed by atoms with Gasteiger partial charge in [0.1, 0.15) is 0 Å². The summed E-state index contributed by atoms with van der Waals surface area (Å²) < 4.78 is 0.702. The van der Waals surface area contributed by atoms with Gasteiger partial charge >= 0.3 is 0 Å². The lowest BCUT2D eigenvalue weighted by molar-refractivity contribution is 0.287. The van der Waals surface area contributed by atoms with Crippen molar-refractivity contribution >= 4 is 54.5 Å². The maximum Gasteiger partial charge on any atom is 0.0970 e. The molecule has 6 heteroatoms. The van der Waals surface area contributed by atoms with Crippen LogP contribution in [-0.2, 0) is 0 Å². The van der Waals surface area contributed by atoms with Crippen molar-refractivity contribution in [2.75, 3.05) is 42.6 Å². The van der Waals surface area contributed by atoms with Gasteiger partial charge in [-0.15, -0.1) is 48.8 Å². The molecule has 3 rings (SSSR count). The highest BCUT2D eigenvalue weighted by atomic mass is 32.2. The number of thioether (sulfide) groups is 2. The molecule has 2 saturated heterocycles. The van der Waals surface area contributed by atoms with Crippen LogP contribution in [0.4, 0.5) is 5.69 Å². The van der Waals surface area contributed by atoms with Gasteiger partial charge in [0.05, 0.1) is 9.29 Å². The topological polar surface area (TPSA) is 6.48 Å². The smallest absolute Gasteiger partial charge is 0.0970 e. The van der Waals surface area contributed by atoms with Gasteiger partial charge in [-0.2, -0.15) is 0 Å². The zero-order chi connectivity index (χ0) is 14.7. The van der Waals surface area contributed by atoms with E-state index in [1.807, 2.05) is 0 Å². The lowest BCUT2D eigenvalue weighted by Gasteiger charge is -2.37. The summed E-state index contributed by atoms with van der Waals surface area (Å²) >= 11 is 13.0. The molecule has 2 heterocycles. The van der Waals surface area contributed by atoms with Gasteiger partial charge in [0.15, 0.2) is 0 Å². The molecule has 0 spiro atoms. The SMILES string of the molecule is SC(S)N1CCN(c2ccc(C3SCCCS3)cc2)CC1. The molecule has 0 unspecified atom stereocenters. The molecule has 21 heavy (non-hydrogen) atoms. The molecule has 1 aromatic rings. The first kappa shape index (κ1) is 16.2. The van der Waals surface area contributed by atoms with E-state index in [1.165, 1.54) is 29.2 Å². The molecule has 2 aliphatic heterocycles. The molecule has 0 aromatic heterocycles. The zero-order valence-corrected chi connectivity index (χ0v) is 15.4. The van der Waals surface area contributed by atoms with Crippen molar-refractivity contribution in [1.82, 2.24) is 4.90 Å². The zero-order valence-electron chi connectivity index (χ0n) is 12.0. The number of benzene rings is 1. The Balaban J connectivity index is 1.59. The highest BCUT2D eigenvalue weighted by molar-refractivity contribution is 8.16. The average Bonchev–Trinajstić information content (AvgIpc) is 2.56. The van der Waals surface area contributed by atoms with Gasteiger partial charge in [0.25, 0.3) is 0 Å². The van der Waals surface area contributed by atoms with Crippen molar-refractivity contribution in [3.8, 4) is 0 Å². The van der Waals surface area contributed by atoms with E-state index in [-0.39, 0.29) is 4.71 Å². The second-order valence-electron chi connectivity index (χ2n) is 5.39. The van der Waals surface area contributed by atoms with Crippen LogP contribution in [-0.4, -0.2) is 47.3 Å². The Morgan fingerprint density at radius 1 is 0.952 bits per heavy atom. The number of anilines is 1. The second-order valence-corrected chi connectivity index (χ2v) is 9.50. The third kappa shape index (κ3) is 4.22. The summed E-state index contributed by atoms with van der Waals surface area (Å²) in [5, 5.41) is 0. The highest BCUT2D eigenvalue weighted by Gasteiger charge is 2.21. The summed E-state index contributed by atoms with van der Waals surface area (Å²) in [5.41, 5.74) is 2.82. The van der Waals surface area contributed by atoms with Gasteiger partial charge in [-0.05, 0) is 35.6 Å². The van der Waals surface area contributed by atoms with Crippen molar-refractivity contribution in [1.29, 1.82) is 0 Å². The summed E-state index contributed by atoms with van der Waals surface area (Å²) in [5.74, 6) is 2.60. The van der Waals surface area contributed by atoms with Gasteiger partial charge < -0.3 is 4.90 Å². The van der Waals surface area contributed by atoms with Crippen molar-refractivity contribution in [2.45, 2.75) is 15.7 Å². The van der Waals surface area contributed by atoms with Crippen LogP contribution < -0.4 is 4.90 Å². The molecule has 116 valence electrons. The molecule has 0 N–H and O–H groups in total. The maximum atomic E-state index is 4.40. The Bertz CT molecular complexity index is 437. The van der Waals surface area contributed by atoms with E-state index in [9.17, 15) is 0 Å². The first-order valence-corrected chi connectivity index (χ1v) is 10.6. The molecule has 1 aromatic carbocycles. The summed E-state index contributed by atoms with van der Waals surface area (Å²) in [6.45, 7) is 4.19. The summed E-state index contributed by atoms with van der Waals surface area (Å²) in [7, 11) is 0. The Labute approximate surface area is 147 Å². The second kappa shape index (κ2) is 7.77. The lowest BCUT2D eigenvalue weighted by Crippen LogP contribution is -2.47. The molecule has 0 aliphatic carbocycles. The van der Waals surface area contributed by atoms with E-state index in [0.717, 1.165) is 26.2 Å². The maximum absolute atomic E-state index is 4.40. The van der Waals surface area contributed by atoms with Crippen molar-refractivity contribution in [3.05, 3.63) is 29.8 Å². The van der Waals surface area contributed by atoms with Gasteiger partial charge in [0, 0.05) is 31.9 Å². The van der Waals surface area contributed by atoms with Crippen LogP contribution >= 0.6 is 48.8 Å². The van der Waals surface area contributed by atoms with E-state index in [0.29, 0.717) is 4.58 Å². The standard InChI is InChI=1S/C15H22N2S4/c18-15(19)17-8-6-16(7-9-17)13-4-2-12(3-5-13)14-20-10-1-11-21-14/h2-5,14-15,18-19H,1,6-11H2. The van der Waals surface area contributed by atoms with Gasteiger partial charge in [-0.1, -0.05) is 12.1 Å². The molecule has 0 saturated carbocycles. The molecular weight excluding hydrogens is 336 g/mol. The van der Waals surface area contributed by atoms with Crippen molar-refractivity contribution < 1.29 is 0 Å². The molecule has 2 aliphatic rings. The predicted octanol–water partition coefficient (Wildman–Crippen LogP) is 3.82. The molecule has 0 radical (unpaired) electrons. The molecule has 0 atom stereocenters. The Morgan fingerprint density at radius 3 is 2.14 bits per heavy atom. The summed E-state index contributed by atoms with van der Waals surface area (Å²) in [6, 6.07) is 9.22. The Morgan fingerprint density at radius 2 is 1.57 bits per heavy atom. The van der Waals surface area contributed by atoms with Crippen LogP contribution in [0.15, 0.2) is 24.3 Å². The third-order valence-corrected chi connectivity index (χ3v) is 7.67. The monoisotopic (exact) mass is 358 g/mol. The number of rotatable bonds is 3. The lowest BCUT2D eigenvalue weighted by atomic mass is 10.2. The fourth-order valence-corrected chi connectivity index (χ4v) is 6.09. The minimum Gasteiger partial charge on any atom is -0.369 e. The fraction of sp³-hybridized carbons (Fsp3) is 0.600. The first-order chi connectivity index (χ1) is 10.2. The van der Waals surface area contributed by atoms with Crippen LogP contribution in [0.25, 0.3) is 0 Å². The van der Waals surface area contributed by atoms with Crippen LogP contribution in [0.3, 0.4) is 0 Å². The summed E-state index contributed by atoms with van der Waals surface area (Å²) in [6.07, 6.45) is 1.35. The van der Waals surface area contributed by atoms with Crippen molar-refractivity contribution in [2.24, 2.45) is 0 Å².